The fourth-order valence-corrected chi connectivity index (χ4v) is 4.02. The van der Waals surface area contributed by atoms with Crippen LogP contribution in [-0.4, -0.2) is 40.0 Å². The van der Waals surface area contributed by atoms with E-state index in [-0.39, 0.29) is 11.8 Å². The van der Waals surface area contributed by atoms with Crippen molar-refractivity contribution >= 4 is 22.6 Å². The Morgan fingerprint density at radius 3 is 2.63 bits per heavy atom. The monoisotopic (exact) mass is 402 g/mol. The Labute approximate surface area is 176 Å². The van der Waals surface area contributed by atoms with Crippen molar-refractivity contribution < 1.29 is 4.79 Å². The third-order valence-corrected chi connectivity index (χ3v) is 5.82. The largest absolute Gasteiger partial charge is 0.378 e. The lowest BCUT2D eigenvalue weighted by molar-refractivity contribution is -0.131. The number of anilines is 1. The number of carbonyl (C=O) groups is 1. The van der Waals surface area contributed by atoms with Crippen molar-refractivity contribution in [2.45, 2.75) is 25.3 Å². The fraction of sp³-hybridized carbons (Fsp3) is 0.348. The van der Waals surface area contributed by atoms with Crippen LogP contribution in [0.4, 0.5) is 5.69 Å². The number of nitrogens with one attached hydrogen (secondary N) is 1. The summed E-state index contributed by atoms with van der Waals surface area (Å²) < 4.78 is 2.05. The smallest absolute Gasteiger partial charge is 0.231 e. The summed E-state index contributed by atoms with van der Waals surface area (Å²) in [4.78, 5) is 19.6. The van der Waals surface area contributed by atoms with Gasteiger partial charge in [0.1, 0.15) is 5.82 Å². The molecule has 2 aromatic carbocycles. The minimum absolute atomic E-state index is 0.119. The molecule has 2 heterocycles. The molecule has 0 spiro atoms. The first-order valence-electron chi connectivity index (χ1n) is 10.3. The van der Waals surface area contributed by atoms with E-state index in [4.69, 9.17) is 16.0 Å². The summed E-state index contributed by atoms with van der Waals surface area (Å²) in [6.45, 7) is 2.50. The van der Waals surface area contributed by atoms with E-state index in [0.717, 1.165) is 54.0 Å². The predicted octanol–water partition coefficient (Wildman–Crippen LogP) is 2.72. The van der Waals surface area contributed by atoms with E-state index >= 15 is 0 Å². The Kier molecular flexibility index (Phi) is 5.68. The van der Waals surface area contributed by atoms with Crippen LogP contribution in [0.2, 0.25) is 0 Å². The van der Waals surface area contributed by atoms with Crippen LogP contribution >= 0.6 is 0 Å². The number of hydrogen-bond donors (Lipinski definition) is 2. The minimum Gasteiger partial charge on any atom is -0.378 e. The van der Waals surface area contributed by atoms with Crippen molar-refractivity contribution in [2.24, 2.45) is 12.8 Å². The second kappa shape index (κ2) is 8.56. The van der Waals surface area contributed by atoms with Gasteiger partial charge in [-0.3, -0.25) is 4.79 Å². The Morgan fingerprint density at radius 1 is 1.23 bits per heavy atom. The van der Waals surface area contributed by atoms with Gasteiger partial charge >= 0.3 is 0 Å². The van der Waals surface area contributed by atoms with Crippen molar-refractivity contribution in [3.63, 3.8) is 0 Å². The maximum Gasteiger partial charge on any atom is 0.231 e. The van der Waals surface area contributed by atoms with Crippen LogP contribution in [0.15, 0.2) is 42.5 Å². The lowest BCUT2D eigenvalue weighted by Crippen LogP contribution is -2.35. The molecule has 1 aliphatic rings. The highest BCUT2D eigenvalue weighted by Gasteiger charge is 2.27. The number of imidazole rings is 1. The molecule has 154 valence electrons. The van der Waals surface area contributed by atoms with Crippen molar-refractivity contribution in [2.75, 3.05) is 25.0 Å². The number of fused-ring (bicyclic) bond motifs is 1. The lowest BCUT2D eigenvalue weighted by atomic mass is 9.97. The zero-order valence-corrected chi connectivity index (χ0v) is 17.1. The van der Waals surface area contributed by atoms with Crippen LogP contribution < -0.4 is 11.1 Å². The molecule has 30 heavy (non-hydrogen) atoms. The number of amides is 1. The highest BCUT2D eigenvalue weighted by molar-refractivity contribution is 5.86. The molecule has 0 saturated carbocycles. The van der Waals surface area contributed by atoms with E-state index in [1.54, 1.807) is 12.1 Å². The van der Waals surface area contributed by atoms with Gasteiger partial charge in [-0.1, -0.05) is 6.07 Å². The van der Waals surface area contributed by atoms with Crippen molar-refractivity contribution in [3.05, 3.63) is 59.4 Å². The minimum atomic E-state index is -0.324. The van der Waals surface area contributed by atoms with Crippen LogP contribution in [0, 0.1) is 11.3 Å². The van der Waals surface area contributed by atoms with Crippen LogP contribution in [0.3, 0.4) is 0 Å². The van der Waals surface area contributed by atoms with Crippen molar-refractivity contribution in [1.82, 2.24) is 14.5 Å². The average molecular weight is 403 g/mol. The third kappa shape index (κ3) is 3.87. The molecule has 0 aliphatic carbocycles. The lowest BCUT2D eigenvalue weighted by Gasteiger charge is -2.22. The first-order valence-corrected chi connectivity index (χ1v) is 10.3. The Balaban J connectivity index is 1.54. The van der Waals surface area contributed by atoms with Crippen LogP contribution in [-0.2, 0) is 18.4 Å². The standard InChI is InChI=1S/C23H26N6O/c1-28-21-9-6-17(19(14-25)23(30)29-10-2-3-11-29)12-20(21)27-22(28)15-26-18-7-4-16(13-24)5-8-18/h4-9,12,19,26H,2-3,10-11,14-15,25H2,1H3. The fourth-order valence-electron chi connectivity index (χ4n) is 4.02. The predicted molar refractivity (Wildman–Crippen MR) is 117 cm³/mol. The Bertz CT molecular complexity index is 1090. The van der Waals surface area contributed by atoms with Gasteiger partial charge in [0.15, 0.2) is 0 Å². The molecule has 1 aromatic heterocycles. The molecular weight excluding hydrogens is 376 g/mol. The molecule has 0 bridgehead atoms. The highest BCUT2D eigenvalue weighted by atomic mass is 16.2. The Morgan fingerprint density at radius 2 is 1.97 bits per heavy atom. The van der Waals surface area contributed by atoms with E-state index in [2.05, 4.69) is 16.0 Å². The zero-order valence-electron chi connectivity index (χ0n) is 17.1. The molecule has 0 radical (unpaired) electrons. The quantitative estimate of drug-likeness (QED) is 0.660. The van der Waals surface area contributed by atoms with E-state index < -0.39 is 0 Å². The summed E-state index contributed by atoms with van der Waals surface area (Å²) >= 11 is 0. The maximum absolute atomic E-state index is 12.9. The molecule has 1 amide bonds. The third-order valence-electron chi connectivity index (χ3n) is 5.82. The topological polar surface area (TPSA) is 100.0 Å². The molecule has 4 rings (SSSR count). The molecule has 1 unspecified atom stereocenters. The molecule has 1 fully saturated rings. The second-order valence-corrected chi connectivity index (χ2v) is 7.70. The number of nitrogens with two attached hydrogens (primary N) is 1. The molecule has 1 saturated heterocycles. The Hall–Kier alpha value is -3.37. The summed E-state index contributed by atoms with van der Waals surface area (Å²) in [6, 6.07) is 15.5. The number of benzene rings is 2. The van der Waals surface area contributed by atoms with Crippen LogP contribution in [0.1, 0.15) is 35.7 Å². The molecule has 1 aliphatic heterocycles. The number of rotatable bonds is 6. The second-order valence-electron chi connectivity index (χ2n) is 7.70. The number of nitrogens with zero attached hydrogens (tertiary/aromatic N) is 4. The first kappa shape index (κ1) is 19.9. The van der Waals surface area contributed by atoms with Crippen molar-refractivity contribution in [1.29, 1.82) is 5.26 Å². The van der Waals surface area contributed by atoms with Gasteiger partial charge in [-0.05, 0) is 54.8 Å². The summed E-state index contributed by atoms with van der Waals surface area (Å²) in [6.07, 6.45) is 2.13. The summed E-state index contributed by atoms with van der Waals surface area (Å²) in [7, 11) is 1.99. The maximum atomic E-state index is 12.9. The molecule has 7 nitrogen and oxygen atoms in total. The number of carbonyl (C=O) groups excluding carboxylic acids is 1. The number of aromatic nitrogens is 2. The van der Waals surface area contributed by atoms with Gasteiger partial charge in [0, 0.05) is 32.4 Å². The zero-order chi connectivity index (χ0) is 21.1. The summed E-state index contributed by atoms with van der Waals surface area (Å²) in [5.41, 5.74) is 10.3. The van der Waals surface area contributed by atoms with E-state index in [1.807, 2.05) is 42.3 Å². The van der Waals surface area contributed by atoms with Crippen LogP contribution in [0.5, 0.6) is 0 Å². The van der Waals surface area contributed by atoms with Gasteiger partial charge in [-0.15, -0.1) is 0 Å². The van der Waals surface area contributed by atoms with E-state index in [1.165, 1.54) is 0 Å². The number of aryl methyl sites for hydroxylation is 1. The number of hydrogen-bond acceptors (Lipinski definition) is 5. The average Bonchev–Trinajstić information content (AvgIpc) is 3.42. The number of nitriles is 1. The normalized spacial score (nSPS) is 14.6. The van der Waals surface area contributed by atoms with E-state index in [0.29, 0.717) is 18.7 Å². The molecule has 3 N–H and O–H groups in total. The summed E-state index contributed by atoms with van der Waals surface area (Å²) in [5, 5.41) is 12.3. The van der Waals surface area contributed by atoms with E-state index in [9.17, 15) is 4.79 Å². The molecule has 7 heteroatoms. The first-order chi connectivity index (χ1) is 14.6. The van der Waals surface area contributed by atoms with Gasteiger partial charge in [0.25, 0.3) is 0 Å². The molecular formula is C23H26N6O. The number of likely N-dealkylation sites (tertiary alicyclic amines) is 1. The van der Waals surface area contributed by atoms with Crippen molar-refractivity contribution in [3.8, 4) is 6.07 Å². The van der Waals surface area contributed by atoms with Gasteiger partial charge in [-0.25, -0.2) is 4.98 Å². The SMILES string of the molecule is Cn1c(CNc2ccc(C#N)cc2)nc2cc(C(CN)C(=O)N3CCCC3)ccc21. The van der Waals surface area contributed by atoms with Gasteiger partial charge in [-0.2, -0.15) is 5.26 Å². The van der Waals surface area contributed by atoms with Gasteiger partial charge in [0.2, 0.25) is 5.91 Å². The summed E-state index contributed by atoms with van der Waals surface area (Å²) in [5.74, 6) is 0.685. The van der Waals surface area contributed by atoms with Gasteiger partial charge in [0.05, 0.1) is 35.1 Å². The van der Waals surface area contributed by atoms with Crippen LogP contribution in [0.25, 0.3) is 11.0 Å². The van der Waals surface area contributed by atoms with Gasteiger partial charge < -0.3 is 20.5 Å². The molecule has 3 aromatic rings. The highest BCUT2D eigenvalue weighted by Crippen LogP contribution is 2.25. The molecule has 1 atom stereocenters.